The summed E-state index contributed by atoms with van der Waals surface area (Å²) in [5, 5.41) is 13.9. The summed E-state index contributed by atoms with van der Waals surface area (Å²) in [5.41, 5.74) is 0.778. The Bertz CT molecular complexity index is 506. The molecule has 0 aliphatic carbocycles. The van der Waals surface area contributed by atoms with Gasteiger partial charge >= 0.3 is 0 Å². The van der Waals surface area contributed by atoms with Crippen LogP contribution < -0.4 is 4.74 Å². The van der Waals surface area contributed by atoms with Crippen molar-refractivity contribution in [3.05, 3.63) is 42.2 Å². The zero-order valence-corrected chi connectivity index (χ0v) is 10.7. The van der Waals surface area contributed by atoms with E-state index in [0.29, 0.717) is 11.5 Å². The van der Waals surface area contributed by atoms with E-state index in [0.717, 1.165) is 18.5 Å². The van der Waals surface area contributed by atoms with Crippen molar-refractivity contribution in [2.75, 3.05) is 0 Å². The molecule has 0 spiro atoms. The lowest BCUT2D eigenvalue weighted by Gasteiger charge is -2.11. The standard InChI is InChI=1S/C14H18N2O2/c1-3-8-16-10-12(9-15-16)18-14-7-5-4-6-13(14)11(2)17/h4-7,9-11,17H,3,8H2,1-2H3/t11-/m0/s1. The van der Waals surface area contributed by atoms with E-state index in [1.165, 1.54) is 0 Å². The summed E-state index contributed by atoms with van der Waals surface area (Å²) in [5.74, 6) is 1.36. The van der Waals surface area contributed by atoms with Gasteiger partial charge in [0, 0.05) is 12.1 Å². The molecule has 1 aromatic heterocycles. The van der Waals surface area contributed by atoms with E-state index in [1.54, 1.807) is 13.1 Å². The average molecular weight is 246 g/mol. The van der Waals surface area contributed by atoms with Gasteiger partial charge in [0.2, 0.25) is 0 Å². The fourth-order valence-electron chi connectivity index (χ4n) is 1.79. The Balaban J connectivity index is 2.17. The number of nitrogens with zero attached hydrogens (tertiary/aromatic N) is 2. The van der Waals surface area contributed by atoms with Crippen LogP contribution in [0.1, 0.15) is 31.9 Å². The molecule has 0 radical (unpaired) electrons. The predicted molar refractivity (Wildman–Crippen MR) is 69.7 cm³/mol. The van der Waals surface area contributed by atoms with Crippen molar-refractivity contribution < 1.29 is 9.84 Å². The molecule has 0 aliphatic heterocycles. The van der Waals surface area contributed by atoms with Crippen molar-refractivity contribution in [3.8, 4) is 11.5 Å². The van der Waals surface area contributed by atoms with E-state index < -0.39 is 6.10 Å². The largest absolute Gasteiger partial charge is 0.454 e. The number of benzene rings is 1. The number of ether oxygens (including phenoxy) is 1. The van der Waals surface area contributed by atoms with Crippen molar-refractivity contribution >= 4 is 0 Å². The van der Waals surface area contributed by atoms with Gasteiger partial charge in [-0.05, 0) is 19.4 Å². The molecule has 2 aromatic rings. The summed E-state index contributed by atoms with van der Waals surface area (Å²) in [7, 11) is 0. The number of rotatable bonds is 5. The van der Waals surface area contributed by atoms with Crippen LogP contribution in [-0.4, -0.2) is 14.9 Å². The smallest absolute Gasteiger partial charge is 0.165 e. The highest BCUT2D eigenvalue weighted by atomic mass is 16.5. The van der Waals surface area contributed by atoms with E-state index >= 15 is 0 Å². The molecule has 4 heteroatoms. The lowest BCUT2D eigenvalue weighted by atomic mass is 10.1. The number of aryl methyl sites for hydroxylation is 1. The van der Waals surface area contributed by atoms with Crippen LogP contribution in [0.2, 0.25) is 0 Å². The first-order chi connectivity index (χ1) is 8.70. The van der Waals surface area contributed by atoms with Crippen molar-refractivity contribution in [2.45, 2.75) is 32.9 Å². The molecule has 0 saturated carbocycles. The number of hydrogen-bond acceptors (Lipinski definition) is 3. The average Bonchev–Trinajstić information content (AvgIpc) is 2.77. The highest BCUT2D eigenvalue weighted by molar-refractivity contribution is 5.37. The van der Waals surface area contributed by atoms with Gasteiger partial charge < -0.3 is 9.84 Å². The van der Waals surface area contributed by atoms with Crippen molar-refractivity contribution in [1.82, 2.24) is 9.78 Å². The van der Waals surface area contributed by atoms with Gasteiger partial charge in [0.15, 0.2) is 5.75 Å². The zero-order valence-electron chi connectivity index (χ0n) is 10.7. The van der Waals surface area contributed by atoms with Crippen LogP contribution in [-0.2, 0) is 6.54 Å². The third-order valence-corrected chi connectivity index (χ3v) is 2.66. The molecule has 0 bridgehead atoms. The van der Waals surface area contributed by atoms with Gasteiger partial charge in [-0.15, -0.1) is 0 Å². The van der Waals surface area contributed by atoms with Crippen molar-refractivity contribution in [1.29, 1.82) is 0 Å². The van der Waals surface area contributed by atoms with Gasteiger partial charge in [-0.1, -0.05) is 25.1 Å². The second-order valence-electron chi connectivity index (χ2n) is 4.25. The van der Waals surface area contributed by atoms with Crippen LogP contribution in [0, 0.1) is 0 Å². The fraction of sp³-hybridized carbons (Fsp3) is 0.357. The third-order valence-electron chi connectivity index (χ3n) is 2.66. The molecule has 1 N–H and O–H groups in total. The van der Waals surface area contributed by atoms with Crippen molar-refractivity contribution in [2.24, 2.45) is 0 Å². The monoisotopic (exact) mass is 246 g/mol. The van der Waals surface area contributed by atoms with E-state index in [4.69, 9.17) is 4.74 Å². The Hall–Kier alpha value is -1.81. The van der Waals surface area contributed by atoms with Gasteiger partial charge in [0.05, 0.1) is 18.5 Å². The summed E-state index contributed by atoms with van der Waals surface area (Å²) >= 11 is 0. The van der Waals surface area contributed by atoms with E-state index in [1.807, 2.05) is 35.1 Å². The van der Waals surface area contributed by atoms with Crippen LogP contribution in [0.15, 0.2) is 36.7 Å². The second-order valence-corrected chi connectivity index (χ2v) is 4.25. The van der Waals surface area contributed by atoms with Crippen LogP contribution in [0.5, 0.6) is 11.5 Å². The molecular formula is C14H18N2O2. The SMILES string of the molecule is CCCn1cc(Oc2ccccc2[C@H](C)O)cn1. The Kier molecular flexibility index (Phi) is 3.99. The van der Waals surface area contributed by atoms with E-state index in [2.05, 4.69) is 12.0 Å². The van der Waals surface area contributed by atoms with Gasteiger partial charge in [-0.25, -0.2) is 0 Å². The van der Waals surface area contributed by atoms with Gasteiger partial charge in [-0.3, -0.25) is 4.68 Å². The lowest BCUT2D eigenvalue weighted by molar-refractivity contribution is 0.195. The first kappa shape index (κ1) is 12.6. The molecule has 0 fully saturated rings. The molecular weight excluding hydrogens is 228 g/mol. The number of hydrogen-bond donors (Lipinski definition) is 1. The normalized spacial score (nSPS) is 12.4. The van der Waals surface area contributed by atoms with Crippen molar-refractivity contribution in [3.63, 3.8) is 0 Å². The van der Waals surface area contributed by atoms with Crippen LogP contribution in [0.3, 0.4) is 0 Å². The highest BCUT2D eigenvalue weighted by Gasteiger charge is 2.09. The Labute approximate surface area is 107 Å². The minimum atomic E-state index is -0.549. The number of aromatic nitrogens is 2. The molecule has 1 heterocycles. The minimum Gasteiger partial charge on any atom is -0.454 e. The number of para-hydroxylation sites is 1. The maximum atomic E-state index is 9.67. The molecule has 0 amide bonds. The second kappa shape index (κ2) is 5.69. The molecule has 0 unspecified atom stereocenters. The van der Waals surface area contributed by atoms with Gasteiger partial charge in [-0.2, -0.15) is 5.10 Å². The topological polar surface area (TPSA) is 47.3 Å². The Morgan fingerprint density at radius 1 is 1.39 bits per heavy atom. The van der Waals surface area contributed by atoms with Gasteiger partial charge in [0.25, 0.3) is 0 Å². The molecule has 1 atom stereocenters. The molecule has 0 aliphatic rings. The van der Waals surface area contributed by atoms with Gasteiger partial charge in [0.1, 0.15) is 5.75 Å². The third kappa shape index (κ3) is 2.90. The fourth-order valence-corrected chi connectivity index (χ4v) is 1.79. The zero-order chi connectivity index (χ0) is 13.0. The molecule has 4 nitrogen and oxygen atoms in total. The molecule has 18 heavy (non-hydrogen) atoms. The molecule has 0 saturated heterocycles. The summed E-state index contributed by atoms with van der Waals surface area (Å²) in [6, 6.07) is 7.47. The van der Waals surface area contributed by atoms with E-state index in [9.17, 15) is 5.11 Å². The lowest BCUT2D eigenvalue weighted by Crippen LogP contribution is -1.96. The summed E-state index contributed by atoms with van der Waals surface area (Å²) in [4.78, 5) is 0. The van der Waals surface area contributed by atoms with Crippen LogP contribution >= 0.6 is 0 Å². The summed E-state index contributed by atoms with van der Waals surface area (Å²) in [6.07, 6.45) is 4.04. The maximum absolute atomic E-state index is 9.67. The van der Waals surface area contributed by atoms with Crippen LogP contribution in [0.25, 0.3) is 0 Å². The molecule has 96 valence electrons. The summed E-state index contributed by atoms with van der Waals surface area (Å²) < 4.78 is 7.60. The number of aliphatic hydroxyl groups excluding tert-OH is 1. The quantitative estimate of drug-likeness (QED) is 0.881. The maximum Gasteiger partial charge on any atom is 0.165 e. The Morgan fingerprint density at radius 2 is 2.17 bits per heavy atom. The first-order valence-corrected chi connectivity index (χ1v) is 6.18. The summed E-state index contributed by atoms with van der Waals surface area (Å²) in [6.45, 7) is 4.70. The molecule has 2 rings (SSSR count). The Morgan fingerprint density at radius 3 is 2.89 bits per heavy atom. The predicted octanol–water partition coefficient (Wildman–Crippen LogP) is 3.14. The first-order valence-electron chi connectivity index (χ1n) is 6.18. The number of aliphatic hydroxyl groups is 1. The molecule has 1 aromatic carbocycles. The highest BCUT2D eigenvalue weighted by Crippen LogP contribution is 2.28. The van der Waals surface area contributed by atoms with Crippen LogP contribution in [0.4, 0.5) is 0 Å². The minimum absolute atomic E-state index is 0.549. The van der Waals surface area contributed by atoms with E-state index in [-0.39, 0.29) is 0 Å².